The van der Waals surface area contributed by atoms with Gasteiger partial charge in [-0.2, -0.15) is 0 Å². The summed E-state index contributed by atoms with van der Waals surface area (Å²) in [6.07, 6.45) is 0. The second-order valence-corrected chi connectivity index (χ2v) is 5.48. The molecule has 0 aliphatic rings. The van der Waals surface area contributed by atoms with Crippen LogP contribution in [-0.4, -0.2) is 19.1 Å². The monoisotopic (exact) mass is 339 g/mol. The molecule has 0 atom stereocenters. The van der Waals surface area contributed by atoms with Crippen molar-refractivity contribution in [3.05, 3.63) is 63.7 Å². The van der Waals surface area contributed by atoms with Crippen LogP contribution in [0.4, 0.5) is 8.78 Å². The molecule has 0 aromatic heterocycles. The zero-order valence-corrected chi connectivity index (χ0v) is 13.5. The maximum Gasteiger partial charge on any atom is 0.251 e. The maximum absolute atomic E-state index is 13.1. The lowest BCUT2D eigenvalue weighted by molar-refractivity contribution is 0.0946. The second kappa shape index (κ2) is 7.42. The van der Waals surface area contributed by atoms with E-state index in [4.69, 9.17) is 16.3 Å². The molecule has 23 heavy (non-hydrogen) atoms. The maximum atomic E-state index is 13.1. The minimum Gasteiger partial charge on any atom is -0.492 e. The summed E-state index contributed by atoms with van der Waals surface area (Å²) in [5.74, 6) is -1.87. The van der Waals surface area contributed by atoms with Crippen LogP contribution in [0.2, 0.25) is 5.02 Å². The van der Waals surface area contributed by atoms with Gasteiger partial charge < -0.3 is 10.1 Å². The molecule has 0 spiro atoms. The van der Waals surface area contributed by atoms with Gasteiger partial charge in [0.15, 0.2) is 11.6 Å². The van der Waals surface area contributed by atoms with E-state index in [1.807, 2.05) is 26.0 Å². The van der Waals surface area contributed by atoms with Gasteiger partial charge in [0.25, 0.3) is 5.91 Å². The van der Waals surface area contributed by atoms with Crippen LogP contribution in [0.5, 0.6) is 5.75 Å². The van der Waals surface area contributed by atoms with E-state index in [0.717, 1.165) is 23.3 Å². The molecule has 0 aliphatic carbocycles. The normalized spacial score (nSPS) is 10.5. The number of halogens is 3. The Kier molecular flexibility index (Phi) is 5.55. The van der Waals surface area contributed by atoms with Crippen molar-refractivity contribution in [2.45, 2.75) is 13.8 Å². The first-order chi connectivity index (χ1) is 10.9. The first-order valence-electron chi connectivity index (χ1n) is 7.01. The molecule has 0 fully saturated rings. The van der Waals surface area contributed by atoms with Crippen LogP contribution >= 0.6 is 11.6 Å². The summed E-state index contributed by atoms with van der Waals surface area (Å²) in [6, 6.07) is 6.62. The molecule has 0 radical (unpaired) electrons. The van der Waals surface area contributed by atoms with E-state index in [1.54, 1.807) is 0 Å². The Balaban J connectivity index is 1.85. The molecule has 6 heteroatoms. The number of aryl methyl sites for hydroxylation is 2. The summed E-state index contributed by atoms with van der Waals surface area (Å²) in [6.45, 7) is 4.24. The van der Waals surface area contributed by atoms with Crippen LogP contribution < -0.4 is 10.1 Å². The van der Waals surface area contributed by atoms with Gasteiger partial charge in [0.05, 0.1) is 6.54 Å². The zero-order chi connectivity index (χ0) is 17.0. The lowest BCUT2D eigenvalue weighted by atomic mass is 10.1. The molecule has 3 nitrogen and oxygen atoms in total. The van der Waals surface area contributed by atoms with Gasteiger partial charge in [-0.25, -0.2) is 8.78 Å². The summed E-state index contributed by atoms with van der Waals surface area (Å²) in [7, 11) is 0. The molecular formula is C17H16ClF2NO2. The van der Waals surface area contributed by atoms with E-state index in [2.05, 4.69) is 5.32 Å². The highest BCUT2D eigenvalue weighted by Gasteiger charge is 2.09. The van der Waals surface area contributed by atoms with E-state index < -0.39 is 17.5 Å². The highest BCUT2D eigenvalue weighted by Crippen LogP contribution is 2.25. The van der Waals surface area contributed by atoms with Crippen molar-refractivity contribution in [1.29, 1.82) is 0 Å². The Hall–Kier alpha value is -2.14. The molecule has 2 rings (SSSR count). The number of ether oxygens (including phenoxy) is 1. The van der Waals surface area contributed by atoms with Crippen molar-refractivity contribution >= 4 is 17.5 Å². The number of amides is 1. The van der Waals surface area contributed by atoms with E-state index in [9.17, 15) is 13.6 Å². The van der Waals surface area contributed by atoms with E-state index in [-0.39, 0.29) is 18.7 Å². The van der Waals surface area contributed by atoms with Crippen molar-refractivity contribution in [2.75, 3.05) is 13.2 Å². The molecule has 2 aromatic rings. The van der Waals surface area contributed by atoms with Gasteiger partial charge in [-0.05, 0) is 55.3 Å². The summed E-state index contributed by atoms with van der Waals surface area (Å²) in [5, 5.41) is 3.28. The zero-order valence-electron chi connectivity index (χ0n) is 12.8. The van der Waals surface area contributed by atoms with Crippen molar-refractivity contribution in [3.8, 4) is 5.75 Å². The topological polar surface area (TPSA) is 38.3 Å². The van der Waals surface area contributed by atoms with Crippen LogP contribution in [0.1, 0.15) is 21.5 Å². The minimum absolute atomic E-state index is 0.0575. The number of nitrogens with one attached hydrogen (secondary N) is 1. The lowest BCUT2D eigenvalue weighted by Crippen LogP contribution is -2.28. The van der Waals surface area contributed by atoms with Gasteiger partial charge in [0.1, 0.15) is 12.4 Å². The average molecular weight is 340 g/mol. The molecule has 0 aliphatic heterocycles. The minimum atomic E-state index is -1.05. The standard InChI is InChI=1S/C17H16ClF2NO2/c1-10-7-13(8-11(2)16(10)18)23-6-5-21-17(22)12-3-4-14(19)15(20)9-12/h3-4,7-9H,5-6H2,1-2H3,(H,21,22). The first-order valence-corrected chi connectivity index (χ1v) is 7.39. The first kappa shape index (κ1) is 17.2. The van der Waals surface area contributed by atoms with Crippen LogP contribution in [0, 0.1) is 25.5 Å². The van der Waals surface area contributed by atoms with Gasteiger partial charge in [-0.3, -0.25) is 4.79 Å². The number of hydrogen-bond donors (Lipinski definition) is 1. The lowest BCUT2D eigenvalue weighted by Gasteiger charge is -2.11. The van der Waals surface area contributed by atoms with Gasteiger partial charge >= 0.3 is 0 Å². The average Bonchev–Trinajstić information content (AvgIpc) is 2.51. The molecule has 0 unspecified atom stereocenters. The number of rotatable bonds is 5. The molecule has 122 valence electrons. The quantitative estimate of drug-likeness (QED) is 0.835. The van der Waals surface area contributed by atoms with Gasteiger partial charge in [-0.15, -0.1) is 0 Å². The Morgan fingerprint density at radius 1 is 1.13 bits per heavy atom. The predicted octanol–water partition coefficient (Wildman–Crippen LogP) is 4.04. The van der Waals surface area contributed by atoms with Crippen molar-refractivity contribution in [1.82, 2.24) is 5.32 Å². The van der Waals surface area contributed by atoms with E-state index in [0.29, 0.717) is 10.8 Å². The smallest absolute Gasteiger partial charge is 0.251 e. The third-order valence-corrected chi connectivity index (χ3v) is 3.84. The Morgan fingerprint density at radius 3 is 2.39 bits per heavy atom. The summed E-state index contributed by atoms with van der Waals surface area (Å²) >= 11 is 6.07. The Labute approximate surface area is 138 Å². The number of hydrogen-bond acceptors (Lipinski definition) is 2. The SMILES string of the molecule is Cc1cc(OCCNC(=O)c2ccc(F)c(F)c2)cc(C)c1Cl. The fourth-order valence-corrected chi connectivity index (χ4v) is 2.17. The van der Waals surface area contributed by atoms with E-state index >= 15 is 0 Å². The Morgan fingerprint density at radius 2 is 1.78 bits per heavy atom. The highest BCUT2D eigenvalue weighted by molar-refractivity contribution is 6.32. The molecular weight excluding hydrogens is 324 g/mol. The van der Waals surface area contributed by atoms with Crippen molar-refractivity contribution in [3.63, 3.8) is 0 Å². The molecule has 1 N–H and O–H groups in total. The third kappa shape index (κ3) is 4.42. The molecule has 0 bridgehead atoms. The summed E-state index contributed by atoms with van der Waals surface area (Å²) in [4.78, 5) is 11.8. The Bertz CT molecular complexity index is 712. The predicted molar refractivity (Wildman–Crippen MR) is 85.1 cm³/mol. The van der Waals surface area contributed by atoms with Crippen molar-refractivity contribution in [2.24, 2.45) is 0 Å². The highest BCUT2D eigenvalue weighted by atomic mass is 35.5. The van der Waals surface area contributed by atoms with Crippen LogP contribution in [0.3, 0.4) is 0 Å². The molecule has 1 amide bonds. The molecule has 2 aromatic carbocycles. The molecule has 0 saturated carbocycles. The largest absolute Gasteiger partial charge is 0.492 e. The van der Waals surface area contributed by atoms with Gasteiger partial charge in [0.2, 0.25) is 0 Å². The fraction of sp³-hybridized carbons (Fsp3) is 0.235. The summed E-state index contributed by atoms with van der Waals surface area (Å²) < 4.78 is 31.4. The van der Waals surface area contributed by atoms with Gasteiger partial charge in [-0.1, -0.05) is 11.6 Å². The van der Waals surface area contributed by atoms with Crippen LogP contribution in [0.15, 0.2) is 30.3 Å². The number of carbonyl (C=O) groups excluding carboxylic acids is 1. The second-order valence-electron chi connectivity index (χ2n) is 5.10. The summed E-state index contributed by atoms with van der Waals surface area (Å²) in [5.41, 5.74) is 1.88. The van der Waals surface area contributed by atoms with Crippen molar-refractivity contribution < 1.29 is 18.3 Å². The third-order valence-electron chi connectivity index (χ3n) is 3.25. The fourth-order valence-electron chi connectivity index (χ4n) is 2.06. The van der Waals surface area contributed by atoms with Gasteiger partial charge in [0, 0.05) is 10.6 Å². The molecule has 0 saturated heterocycles. The van der Waals surface area contributed by atoms with Crippen LogP contribution in [0.25, 0.3) is 0 Å². The number of carbonyl (C=O) groups is 1. The molecule has 0 heterocycles. The van der Waals surface area contributed by atoms with Crippen LogP contribution in [-0.2, 0) is 0 Å². The van der Waals surface area contributed by atoms with E-state index in [1.165, 1.54) is 6.07 Å². The number of benzene rings is 2.